The van der Waals surface area contributed by atoms with E-state index in [-0.39, 0.29) is 0 Å². The third-order valence-electron chi connectivity index (χ3n) is 2.53. The zero-order valence-electron chi connectivity index (χ0n) is 8.81. The summed E-state index contributed by atoms with van der Waals surface area (Å²) in [5, 5.41) is 11.0. The Bertz CT molecular complexity index is 308. The van der Waals surface area contributed by atoms with Crippen LogP contribution in [0.1, 0.15) is 19.8 Å². The van der Waals surface area contributed by atoms with Crippen LogP contribution >= 0.6 is 0 Å². The van der Waals surface area contributed by atoms with Gasteiger partial charge in [0.1, 0.15) is 11.6 Å². The highest BCUT2D eigenvalue weighted by Gasteiger charge is 2.29. The number of ether oxygens (including phenoxy) is 1. The van der Waals surface area contributed by atoms with Gasteiger partial charge in [-0.2, -0.15) is 0 Å². The molecule has 1 aromatic heterocycles. The number of nitrogens with zero attached hydrogens (tertiary/aromatic N) is 2. The summed E-state index contributed by atoms with van der Waals surface area (Å²) < 4.78 is 5.47. The van der Waals surface area contributed by atoms with Gasteiger partial charge in [0.25, 0.3) is 0 Å². The third kappa shape index (κ3) is 2.56. The number of hydrogen-bond acceptors (Lipinski definition) is 5. The second-order valence-corrected chi connectivity index (χ2v) is 3.73. The van der Waals surface area contributed by atoms with Crippen molar-refractivity contribution in [1.82, 2.24) is 10.2 Å². The molecule has 15 heavy (non-hydrogen) atoms. The summed E-state index contributed by atoms with van der Waals surface area (Å²) in [5.41, 5.74) is 5.44. The molecule has 1 aliphatic rings. The summed E-state index contributed by atoms with van der Waals surface area (Å²) >= 11 is 0. The van der Waals surface area contributed by atoms with Crippen LogP contribution in [0, 0.1) is 0 Å². The Kier molecular flexibility index (Phi) is 3.01. The van der Waals surface area contributed by atoms with Crippen molar-refractivity contribution in [1.29, 1.82) is 0 Å². The molecular weight excluding hydrogens is 192 g/mol. The number of nitrogen functional groups attached to an aromatic ring is 1. The molecule has 0 aromatic carbocycles. The molecule has 1 aromatic rings. The topological polar surface area (TPSA) is 73.1 Å². The fraction of sp³-hybridized carbons (Fsp3) is 0.600. The van der Waals surface area contributed by atoms with E-state index in [9.17, 15) is 0 Å². The zero-order valence-corrected chi connectivity index (χ0v) is 8.81. The van der Waals surface area contributed by atoms with Crippen LogP contribution in [-0.4, -0.2) is 29.0 Å². The molecule has 2 rings (SSSR count). The smallest absolute Gasteiger partial charge is 0.149 e. The lowest BCUT2D eigenvalue weighted by molar-refractivity contribution is 0.00291. The van der Waals surface area contributed by atoms with Crippen molar-refractivity contribution in [2.75, 3.05) is 17.7 Å². The maximum atomic E-state index is 5.47. The van der Waals surface area contributed by atoms with Gasteiger partial charge in [-0.25, -0.2) is 0 Å². The lowest BCUT2D eigenvalue weighted by Gasteiger charge is -2.35. The summed E-state index contributed by atoms with van der Waals surface area (Å²) in [7, 11) is 0. The first-order valence-corrected chi connectivity index (χ1v) is 5.25. The SMILES string of the molecule is CCOC1CC(Nc2ccc(N)nn2)C1. The number of rotatable bonds is 4. The van der Waals surface area contributed by atoms with E-state index in [0.29, 0.717) is 18.0 Å². The van der Waals surface area contributed by atoms with Crippen molar-refractivity contribution < 1.29 is 4.74 Å². The van der Waals surface area contributed by atoms with Crippen LogP contribution in [0.25, 0.3) is 0 Å². The zero-order chi connectivity index (χ0) is 10.7. The Morgan fingerprint density at radius 1 is 1.47 bits per heavy atom. The molecule has 0 atom stereocenters. The highest BCUT2D eigenvalue weighted by atomic mass is 16.5. The molecule has 0 radical (unpaired) electrons. The van der Waals surface area contributed by atoms with Crippen molar-refractivity contribution in [3.63, 3.8) is 0 Å². The summed E-state index contributed by atoms with van der Waals surface area (Å²) in [4.78, 5) is 0. The van der Waals surface area contributed by atoms with E-state index in [4.69, 9.17) is 10.5 Å². The van der Waals surface area contributed by atoms with Gasteiger partial charge in [0.15, 0.2) is 0 Å². The van der Waals surface area contributed by atoms with Crippen LogP contribution in [0.15, 0.2) is 12.1 Å². The maximum absolute atomic E-state index is 5.47. The second-order valence-electron chi connectivity index (χ2n) is 3.73. The molecule has 1 saturated carbocycles. The van der Waals surface area contributed by atoms with Gasteiger partial charge in [0.05, 0.1) is 6.10 Å². The standard InChI is InChI=1S/C10H16N4O/c1-2-15-8-5-7(6-8)12-10-4-3-9(11)13-14-10/h3-4,7-8H,2,5-6H2,1H3,(H2,11,13)(H,12,14). The van der Waals surface area contributed by atoms with E-state index in [1.807, 2.05) is 13.0 Å². The quantitative estimate of drug-likeness (QED) is 0.773. The minimum Gasteiger partial charge on any atom is -0.382 e. The van der Waals surface area contributed by atoms with Crippen LogP contribution in [0.3, 0.4) is 0 Å². The molecule has 0 aliphatic heterocycles. The minimum atomic E-state index is 0.411. The van der Waals surface area contributed by atoms with Crippen molar-refractivity contribution in [3.05, 3.63) is 12.1 Å². The summed E-state index contributed by atoms with van der Waals surface area (Å²) in [5.74, 6) is 1.23. The van der Waals surface area contributed by atoms with Gasteiger partial charge in [-0.1, -0.05) is 0 Å². The normalized spacial score (nSPS) is 24.6. The highest BCUT2D eigenvalue weighted by molar-refractivity contribution is 5.39. The molecule has 0 saturated heterocycles. The molecule has 0 unspecified atom stereocenters. The number of nitrogens with one attached hydrogen (secondary N) is 1. The Labute approximate surface area is 89.0 Å². The molecule has 5 heteroatoms. The Balaban J connectivity index is 1.77. The highest BCUT2D eigenvalue weighted by Crippen LogP contribution is 2.25. The van der Waals surface area contributed by atoms with Crippen molar-refractivity contribution in [2.45, 2.75) is 31.9 Å². The first kappa shape index (κ1) is 10.2. The Morgan fingerprint density at radius 2 is 2.27 bits per heavy atom. The minimum absolute atomic E-state index is 0.411. The Morgan fingerprint density at radius 3 is 2.87 bits per heavy atom. The second kappa shape index (κ2) is 4.44. The molecule has 0 bridgehead atoms. The average molecular weight is 208 g/mol. The largest absolute Gasteiger partial charge is 0.382 e. The monoisotopic (exact) mass is 208 g/mol. The van der Waals surface area contributed by atoms with Gasteiger partial charge in [-0.3, -0.25) is 0 Å². The molecule has 82 valence electrons. The summed E-state index contributed by atoms with van der Waals surface area (Å²) in [6, 6.07) is 4.05. The first-order chi connectivity index (χ1) is 7.28. The first-order valence-electron chi connectivity index (χ1n) is 5.25. The van der Waals surface area contributed by atoms with Crippen LogP contribution in [0.2, 0.25) is 0 Å². The number of anilines is 2. The predicted molar refractivity (Wildman–Crippen MR) is 58.5 cm³/mol. The predicted octanol–water partition coefficient (Wildman–Crippen LogP) is 1.04. The fourth-order valence-electron chi connectivity index (χ4n) is 1.68. The average Bonchev–Trinajstić information content (AvgIpc) is 2.18. The van der Waals surface area contributed by atoms with Gasteiger partial charge in [-0.15, -0.1) is 10.2 Å². The lowest BCUT2D eigenvalue weighted by Crippen LogP contribution is -2.41. The molecule has 0 spiro atoms. The van der Waals surface area contributed by atoms with E-state index in [1.54, 1.807) is 6.07 Å². The van der Waals surface area contributed by atoms with Crippen molar-refractivity contribution in [3.8, 4) is 0 Å². The van der Waals surface area contributed by atoms with Crippen LogP contribution in [0.4, 0.5) is 11.6 Å². The number of hydrogen-bond donors (Lipinski definition) is 2. The third-order valence-corrected chi connectivity index (χ3v) is 2.53. The van der Waals surface area contributed by atoms with Gasteiger partial charge >= 0.3 is 0 Å². The van der Waals surface area contributed by atoms with Gasteiger partial charge < -0.3 is 15.8 Å². The molecular formula is C10H16N4O. The van der Waals surface area contributed by atoms with Crippen molar-refractivity contribution >= 4 is 11.6 Å². The number of aromatic nitrogens is 2. The lowest BCUT2D eigenvalue weighted by atomic mass is 9.89. The van der Waals surface area contributed by atoms with E-state index in [0.717, 1.165) is 25.3 Å². The van der Waals surface area contributed by atoms with Gasteiger partial charge in [-0.05, 0) is 31.9 Å². The maximum Gasteiger partial charge on any atom is 0.149 e. The van der Waals surface area contributed by atoms with Crippen LogP contribution in [0.5, 0.6) is 0 Å². The van der Waals surface area contributed by atoms with Gasteiger partial charge in [0.2, 0.25) is 0 Å². The van der Waals surface area contributed by atoms with E-state index in [2.05, 4.69) is 15.5 Å². The van der Waals surface area contributed by atoms with E-state index in [1.165, 1.54) is 0 Å². The Hall–Kier alpha value is -1.36. The molecule has 0 amide bonds. The van der Waals surface area contributed by atoms with Gasteiger partial charge in [0, 0.05) is 12.6 Å². The summed E-state index contributed by atoms with van der Waals surface area (Å²) in [6.07, 6.45) is 2.49. The molecule has 5 nitrogen and oxygen atoms in total. The van der Waals surface area contributed by atoms with Crippen LogP contribution < -0.4 is 11.1 Å². The molecule has 3 N–H and O–H groups in total. The molecule has 1 heterocycles. The van der Waals surface area contributed by atoms with E-state index >= 15 is 0 Å². The van der Waals surface area contributed by atoms with E-state index < -0.39 is 0 Å². The van der Waals surface area contributed by atoms with Crippen molar-refractivity contribution in [2.24, 2.45) is 0 Å². The molecule has 1 aliphatic carbocycles. The summed E-state index contributed by atoms with van der Waals surface area (Å²) in [6.45, 7) is 2.81. The molecule has 1 fully saturated rings. The fourth-order valence-corrected chi connectivity index (χ4v) is 1.68. The number of nitrogens with two attached hydrogens (primary N) is 1. The van der Waals surface area contributed by atoms with Crippen LogP contribution in [-0.2, 0) is 4.74 Å².